The normalized spacial score (nSPS) is 12.5. The van der Waals surface area contributed by atoms with Gasteiger partial charge in [0.25, 0.3) is 6.29 Å². The molecular formula is C38H71NO7S. The summed E-state index contributed by atoms with van der Waals surface area (Å²) in [6, 6.07) is -1.08. The van der Waals surface area contributed by atoms with Gasteiger partial charge in [-0.2, -0.15) is 0 Å². The molecular weight excluding hydrogens is 614 g/mol. The molecule has 9 heteroatoms. The number of thioether (sulfide) groups is 1. The van der Waals surface area contributed by atoms with E-state index >= 15 is 0 Å². The molecule has 1 unspecified atom stereocenters. The number of carbonyl (C=O) groups excluding carboxylic acids is 3. The van der Waals surface area contributed by atoms with Crippen LogP contribution >= 0.6 is 11.8 Å². The number of hydrogen-bond acceptors (Lipinski definition) is 7. The topological polar surface area (TPSA) is 119 Å². The smallest absolute Gasteiger partial charge is 0.327 e. The number of esters is 2. The Bertz CT molecular complexity index is 758. The van der Waals surface area contributed by atoms with E-state index in [1.165, 1.54) is 88.8 Å². The monoisotopic (exact) mass is 685 g/mol. The summed E-state index contributed by atoms with van der Waals surface area (Å²) in [6.45, 7) is 8.32. The van der Waals surface area contributed by atoms with Gasteiger partial charge in [0.15, 0.2) is 0 Å². The second-order valence-corrected chi connectivity index (χ2v) is 14.6. The molecule has 1 amide bonds. The molecule has 8 nitrogen and oxygen atoms in total. The number of carboxylic acids is 1. The molecule has 0 saturated heterocycles. The summed E-state index contributed by atoms with van der Waals surface area (Å²) in [5.74, 6) is -2.15. The van der Waals surface area contributed by atoms with E-state index in [1.807, 2.05) is 0 Å². The SMILES string of the molecule is CCCCCCCCCCCC(=O)OC(OC(=O)CCCCCCCCCCC)C(C)SC[C@H](NC(=O)CCCCCCC)C(=O)O. The summed E-state index contributed by atoms with van der Waals surface area (Å²) >= 11 is 1.22. The van der Waals surface area contributed by atoms with Crippen LogP contribution in [0.15, 0.2) is 0 Å². The van der Waals surface area contributed by atoms with Crippen LogP contribution in [0.1, 0.15) is 195 Å². The van der Waals surface area contributed by atoms with Crippen molar-refractivity contribution in [3.05, 3.63) is 0 Å². The first-order valence-corrected chi connectivity index (χ1v) is 20.3. The van der Waals surface area contributed by atoms with Gasteiger partial charge in [0.1, 0.15) is 6.04 Å². The van der Waals surface area contributed by atoms with Gasteiger partial charge in [-0.3, -0.25) is 14.4 Å². The third-order valence-corrected chi connectivity index (χ3v) is 9.79. The van der Waals surface area contributed by atoms with Crippen molar-refractivity contribution in [2.45, 2.75) is 212 Å². The maximum atomic E-state index is 12.8. The van der Waals surface area contributed by atoms with Crippen LogP contribution in [0.3, 0.4) is 0 Å². The average molecular weight is 686 g/mol. The van der Waals surface area contributed by atoms with Crippen molar-refractivity contribution in [2.75, 3.05) is 5.75 Å². The van der Waals surface area contributed by atoms with Gasteiger partial charge in [-0.1, -0.05) is 149 Å². The Kier molecular flexibility index (Phi) is 31.5. The summed E-state index contributed by atoms with van der Waals surface area (Å²) in [4.78, 5) is 49.8. The van der Waals surface area contributed by atoms with Gasteiger partial charge in [-0.05, 0) is 26.2 Å². The number of aliphatic carboxylic acids is 1. The highest BCUT2D eigenvalue weighted by molar-refractivity contribution is 8.00. The van der Waals surface area contributed by atoms with E-state index in [-0.39, 0.29) is 24.5 Å². The molecule has 0 aromatic carbocycles. The maximum Gasteiger partial charge on any atom is 0.327 e. The van der Waals surface area contributed by atoms with Gasteiger partial charge in [0.2, 0.25) is 5.91 Å². The highest BCUT2D eigenvalue weighted by atomic mass is 32.2. The summed E-state index contributed by atoms with van der Waals surface area (Å²) < 4.78 is 11.3. The molecule has 0 bridgehead atoms. The van der Waals surface area contributed by atoms with Gasteiger partial charge in [-0.25, -0.2) is 4.79 Å². The second-order valence-electron chi connectivity index (χ2n) is 13.2. The van der Waals surface area contributed by atoms with E-state index in [1.54, 1.807) is 6.92 Å². The van der Waals surface area contributed by atoms with Crippen LogP contribution in [-0.2, 0) is 28.7 Å². The van der Waals surface area contributed by atoms with Gasteiger partial charge in [-0.15, -0.1) is 11.8 Å². The lowest BCUT2D eigenvalue weighted by Crippen LogP contribution is -2.43. The van der Waals surface area contributed by atoms with Crippen molar-refractivity contribution < 1.29 is 33.8 Å². The highest BCUT2D eigenvalue weighted by Gasteiger charge is 2.29. The van der Waals surface area contributed by atoms with E-state index in [2.05, 4.69) is 26.1 Å². The first-order chi connectivity index (χ1) is 22.7. The molecule has 0 rings (SSSR count). The zero-order valence-corrected chi connectivity index (χ0v) is 31.4. The molecule has 0 heterocycles. The first-order valence-electron chi connectivity index (χ1n) is 19.3. The minimum atomic E-state index is -1.12. The standard InChI is InChI=1S/C38H71NO7S/c1-5-8-11-14-16-18-20-23-26-29-35(41)45-38(46-36(42)30-27-24-21-19-17-15-12-9-6-2)32(4)47-31-33(37(43)44)39-34(40)28-25-22-13-10-7-3/h32-33,38H,5-31H2,1-4H3,(H,39,40)(H,43,44)/t32?,33-/m0/s1. The van der Waals surface area contributed by atoms with E-state index < -0.39 is 35.5 Å². The molecule has 0 aromatic heterocycles. The van der Waals surface area contributed by atoms with Crippen LogP contribution in [0.2, 0.25) is 0 Å². The third-order valence-electron chi connectivity index (χ3n) is 8.51. The zero-order valence-electron chi connectivity index (χ0n) is 30.6. The lowest BCUT2D eigenvalue weighted by molar-refractivity contribution is -0.187. The second kappa shape index (κ2) is 32.8. The van der Waals surface area contributed by atoms with E-state index in [0.717, 1.165) is 70.6 Å². The number of hydrogen-bond donors (Lipinski definition) is 2. The molecule has 0 radical (unpaired) electrons. The van der Waals surface area contributed by atoms with Crippen molar-refractivity contribution in [3.8, 4) is 0 Å². The number of rotatable bonds is 34. The molecule has 0 aromatic rings. The van der Waals surface area contributed by atoms with Gasteiger partial charge in [0.05, 0.1) is 5.25 Å². The quantitative estimate of drug-likeness (QED) is 0.0390. The molecule has 47 heavy (non-hydrogen) atoms. The van der Waals surface area contributed by atoms with Crippen molar-refractivity contribution in [2.24, 2.45) is 0 Å². The van der Waals surface area contributed by atoms with Crippen molar-refractivity contribution in [3.63, 3.8) is 0 Å². The van der Waals surface area contributed by atoms with Gasteiger partial charge >= 0.3 is 17.9 Å². The molecule has 0 aliphatic rings. The van der Waals surface area contributed by atoms with Crippen LogP contribution in [-0.4, -0.2) is 52.3 Å². The van der Waals surface area contributed by atoms with Crippen LogP contribution in [0, 0.1) is 0 Å². The Morgan fingerprint density at radius 1 is 0.553 bits per heavy atom. The molecule has 0 aliphatic heterocycles. The minimum Gasteiger partial charge on any atom is -0.480 e. The van der Waals surface area contributed by atoms with Crippen LogP contribution in [0.25, 0.3) is 0 Å². The summed E-state index contributed by atoms with van der Waals surface area (Å²) in [5, 5.41) is 11.9. The lowest BCUT2D eigenvalue weighted by Gasteiger charge is -2.25. The molecule has 2 N–H and O–H groups in total. The summed E-state index contributed by atoms with van der Waals surface area (Å²) in [5.41, 5.74) is 0. The molecule has 0 fully saturated rings. The lowest BCUT2D eigenvalue weighted by atomic mass is 10.1. The number of unbranched alkanes of at least 4 members (excludes halogenated alkanes) is 20. The van der Waals surface area contributed by atoms with E-state index in [9.17, 15) is 24.3 Å². The fraction of sp³-hybridized carbons (Fsp3) is 0.895. The molecule has 0 saturated carbocycles. The van der Waals surface area contributed by atoms with E-state index in [0.29, 0.717) is 6.42 Å². The van der Waals surface area contributed by atoms with Gasteiger partial charge in [0, 0.05) is 25.0 Å². The van der Waals surface area contributed by atoms with Crippen molar-refractivity contribution >= 4 is 35.6 Å². The maximum absolute atomic E-state index is 12.8. The Labute approximate surface area is 292 Å². The average Bonchev–Trinajstić information content (AvgIpc) is 3.04. The Morgan fingerprint density at radius 3 is 1.26 bits per heavy atom. The zero-order chi connectivity index (χ0) is 35.0. The van der Waals surface area contributed by atoms with Crippen LogP contribution in [0.4, 0.5) is 0 Å². The largest absolute Gasteiger partial charge is 0.480 e. The van der Waals surface area contributed by atoms with Crippen molar-refractivity contribution in [1.29, 1.82) is 0 Å². The van der Waals surface area contributed by atoms with Crippen LogP contribution in [0.5, 0.6) is 0 Å². The Balaban J connectivity index is 4.86. The number of amides is 1. The fourth-order valence-electron chi connectivity index (χ4n) is 5.41. The summed E-state index contributed by atoms with van der Waals surface area (Å²) in [6.07, 6.45) is 25.2. The van der Waals surface area contributed by atoms with Gasteiger partial charge < -0.3 is 19.9 Å². The summed E-state index contributed by atoms with van der Waals surface area (Å²) in [7, 11) is 0. The Morgan fingerprint density at radius 2 is 0.894 bits per heavy atom. The number of ether oxygens (including phenoxy) is 2. The van der Waals surface area contributed by atoms with Crippen LogP contribution < -0.4 is 5.32 Å². The third kappa shape index (κ3) is 28.9. The Hall–Kier alpha value is -1.77. The minimum absolute atomic E-state index is 0.0696. The molecule has 276 valence electrons. The predicted molar refractivity (Wildman–Crippen MR) is 195 cm³/mol. The van der Waals surface area contributed by atoms with E-state index in [4.69, 9.17) is 9.47 Å². The number of carboxylic acid groups (broad SMARTS) is 1. The van der Waals surface area contributed by atoms with Crippen molar-refractivity contribution in [1.82, 2.24) is 5.32 Å². The molecule has 0 aliphatic carbocycles. The number of carbonyl (C=O) groups is 4. The molecule has 0 spiro atoms. The highest BCUT2D eigenvalue weighted by Crippen LogP contribution is 2.22. The number of nitrogens with one attached hydrogen (secondary N) is 1. The first kappa shape index (κ1) is 45.2. The fourth-order valence-corrected chi connectivity index (χ4v) is 6.40. The molecule has 2 atom stereocenters. The predicted octanol–water partition coefficient (Wildman–Crippen LogP) is 10.3.